The van der Waals surface area contributed by atoms with Gasteiger partial charge in [0.15, 0.2) is 28.0 Å². The van der Waals surface area contributed by atoms with E-state index >= 15 is 0 Å². The van der Waals surface area contributed by atoms with E-state index in [1.165, 1.54) is 0 Å². The summed E-state index contributed by atoms with van der Waals surface area (Å²) in [5.74, 6) is -0.384. The van der Waals surface area contributed by atoms with Crippen LogP contribution in [-0.2, 0) is 15.5 Å². The summed E-state index contributed by atoms with van der Waals surface area (Å²) in [6.45, 7) is 21.9. The van der Waals surface area contributed by atoms with E-state index in [1.54, 1.807) is 6.08 Å². The summed E-state index contributed by atoms with van der Waals surface area (Å²) in [5, 5.41) is 16.5. The van der Waals surface area contributed by atoms with Gasteiger partial charge in [0.2, 0.25) is 5.78 Å². The van der Waals surface area contributed by atoms with Gasteiger partial charge in [-0.15, -0.1) is 0 Å². The monoisotopic (exact) mass is 614 g/mol. The number of hydrogen-bond donors (Lipinski definition) is 1. The first-order chi connectivity index (χ1) is 19.2. The zero-order chi connectivity index (χ0) is 31.5. The molecule has 0 amide bonds. The highest BCUT2D eigenvalue weighted by atomic mass is 28.4. The van der Waals surface area contributed by atoms with Crippen molar-refractivity contribution in [3.05, 3.63) is 59.4 Å². The van der Waals surface area contributed by atoms with Gasteiger partial charge in [-0.3, -0.25) is 9.69 Å². The van der Waals surface area contributed by atoms with Crippen LogP contribution in [-0.4, -0.2) is 69.5 Å². The van der Waals surface area contributed by atoms with Crippen LogP contribution in [0.5, 0.6) is 5.88 Å². The minimum atomic E-state index is -2.50. The number of aromatic nitrogens is 1. The van der Waals surface area contributed by atoms with Crippen LogP contribution in [0.25, 0.3) is 0 Å². The predicted molar refractivity (Wildman–Crippen MR) is 170 cm³/mol. The molecule has 2 aromatic rings. The third kappa shape index (κ3) is 5.86. The number of aliphatic hydroxyl groups is 1. The topological polar surface area (TPSA) is 94.3 Å². The largest absolute Gasteiger partial charge is 0.470 e. The minimum absolute atomic E-state index is 0.0769. The van der Waals surface area contributed by atoms with Crippen LogP contribution in [0.15, 0.2) is 47.0 Å². The molecule has 0 saturated heterocycles. The van der Waals surface area contributed by atoms with Crippen molar-refractivity contribution in [1.29, 1.82) is 0 Å². The Balaban J connectivity index is 1.90. The lowest BCUT2D eigenvalue weighted by Gasteiger charge is -2.53. The summed E-state index contributed by atoms with van der Waals surface area (Å²) in [7, 11) is -0.991. The van der Waals surface area contributed by atoms with Gasteiger partial charge >= 0.3 is 0 Å². The van der Waals surface area contributed by atoms with E-state index in [2.05, 4.69) is 72.9 Å². The average Bonchev–Trinajstić information content (AvgIpc) is 3.27. The number of hydrogen-bond acceptors (Lipinski definition) is 8. The molecule has 42 heavy (non-hydrogen) atoms. The summed E-state index contributed by atoms with van der Waals surface area (Å²) in [6.07, 6.45) is 2.01. The van der Waals surface area contributed by atoms with Gasteiger partial charge in [0, 0.05) is 5.92 Å². The van der Waals surface area contributed by atoms with Gasteiger partial charge in [0.25, 0.3) is 5.88 Å². The maximum absolute atomic E-state index is 14.7. The first-order valence-electron chi connectivity index (χ1n) is 14.9. The SMILES string of the molecule is CN(C)[C@@H]1c2onc(OCc3ccccc3)c2C(=O)[C@]2(O)C=C[C@H]1[C@@H](O[Si](C)(C)C(C)(C)C)[C@H]2O[Si](C)(C)C(C)(C)C. The van der Waals surface area contributed by atoms with Crippen molar-refractivity contribution in [2.24, 2.45) is 5.92 Å². The highest BCUT2D eigenvalue weighted by molar-refractivity contribution is 6.74. The zero-order valence-corrected chi connectivity index (χ0v) is 29.4. The van der Waals surface area contributed by atoms with Crippen LogP contribution in [0.2, 0.25) is 36.3 Å². The molecule has 5 rings (SSSR count). The average molecular weight is 615 g/mol. The van der Waals surface area contributed by atoms with Crippen LogP contribution in [0.4, 0.5) is 0 Å². The number of rotatable bonds is 8. The van der Waals surface area contributed by atoms with Crippen LogP contribution < -0.4 is 4.74 Å². The summed E-state index contributed by atoms with van der Waals surface area (Å²) in [5.41, 5.74) is -0.906. The van der Waals surface area contributed by atoms with E-state index in [-0.39, 0.29) is 34.0 Å². The van der Waals surface area contributed by atoms with Gasteiger partial charge < -0.3 is 23.2 Å². The predicted octanol–water partition coefficient (Wildman–Crippen LogP) is 6.75. The van der Waals surface area contributed by atoms with Crippen LogP contribution in [0.3, 0.4) is 0 Å². The molecule has 1 aromatic heterocycles. The third-order valence-corrected chi connectivity index (χ3v) is 18.8. The lowest BCUT2D eigenvalue weighted by atomic mass is 9.70. The molecule has 0 radical (unpaired) electrons. The fourth-order valence-corrected chi connectivity index (χ4v) is 7.81. The van der Waals surface area contributed by atoms with Crippen LogP contribution in [0, 0.1) is 5.92 Å². The summed E-state index contributed by atoms with van der Waals surface area (Å²) in [6, 6.07) is 9.27. The Morgan fingerprint density at radius 1 is 0.976 bits per heavy atom. The lowest BCUT2D eigenvalue weighted by molar-refractivity contribution is -0.101. The molecule has 8 nitrogen and oxygen atoms in total. The molecule has 0 spiro atoms. The van der Waals surface area contributed by atoms with Crippen LogP contribution >= 0.6 is 0 Å². The van der Waals surface area contributed by atoms with Crippen molar-refractivity contribution in [2.75, 3.05) is 14.1 Å². The highest BCUT2D eigenvalue weighted by Crippen LogP contribution is 2.51. The Kier molecular flexibility index (Phi) is 8.69. The number of ketones is 1. The van der Waals surface area contributed by atoms with Gasteiger partial charge in [-0.2, -0.15) is 0 Å². The maximum atomic E-state index is 14.7. The van der Waals surface area contributed by atoms with Crippen molar-refractivity contribution < 1.29 is 28.0 Å². The maximum Gasteiger partial charge on any atom is 0.265 e. The molecule has 0 saturated carbocycles. The second-order valence-electron chi connectivity index (χ2n) is 15.1. The number of carbonyl (C=O) groups excluding carboxylic acids is 1. The second-order valence-corrected chi connectivity index (χ2v) is 24.7. The van der Waals surface area contributed by atoms with E-state index in [4.69, 9.17) is 18.1 Å². The van der Waals surface area contributed by atoms with Crippen molar-refractivity contribution in [1.82, 2.24) is 10.1 Å². The minimum Gasteiger partial charge on any atom is -0.470 e. The van der Waals surface area contributed by atoms with Gasteiger partial charge in [0.05, 0.1) is 12.1 Å². The smallest absolute Gasteiger partial charge is 0.265 e. The van der Waals surface area contributed by atoms with Gasteiger partial charge in [-0.05, 0) is 67.2 Å². The molecule has 0 unspecified atom stereocenters. The molecular formula is C32H50N2O6Si2. The molecule has 3 aliphatic carbocycles. The van der Waals surface area contributed by atoms with Crippen molar-refractivity contribution in [3.8, 4) is 5.88 Å². The van der Waals surface area contributed by atoms with E-state index in [9.17, 15) is 9.90 Å². The first kappa shape index (κ1) is 32.8. The highest BCUT2D eigenvalue weighted by Gasteiger charge is 2.61. The normalized spacial score (nSPS) is 26.8. The summed E-state index contributed by atoms with van der Waals surface area (Å²) >= 11 is 0. The van der Waals surface area contributed by atoms with Gasteiger partial charge in [-0.1, -0.05) is 78.0 Å². The lowest BCUT2D eigenvalue weighted by Crippen LogP contribution is -2.66. The number of benzene rings is 1. The number of fused-ring (bicyclic) bond motifs is 1. The fourth-order valence-electron chi connectivity index (χ4n) is 5.19. The number of carbonyl (C=O) groups is 1. The molecule has 232 valence electrons. The second kappa shape index (κ2) is 11.1. The Bertz CT molecular complexity index is 1310. The molecule has 0 aliphatic heterocycles. The Labute approximate surface area is 253 Å². The van der Waals surface area contributed by atoms with E-state index < -0.39 is 46.3 Å². The third-order valence-electron chi connectivity index (χ3n) is 9.83. The quantitative estimate of drug-likeness (QED) is 0.258. The van der Waals surface area contributed by atoms with Crippen molar-refractivity contribution >= 4 is 22.4 Å². The van der Waals surface area contributed by atoms with Gasteiger partial charge in [-0.25, -0.2) is 0 Å². The first-order valence-corrected chi connectivity index (χ1v) is 20.7. The molecular weight excluding hydrogens is 565 g/mol. The number of Topliss-reactive ketones (excluding diaryl/α,β-unsaturated/α-hetero) is 1. The van der Waals surface area contributed by atoms with Gasteiger partial charge in [0.1, 0.15) is 18.3 Å². The molecule has 1 N–H and O–H groups in total. The molecule has 1 heterocycles. The Morgan fingerprint density at radius 2 is 1.55 bits per heavy atom. The Morgan fingerprint density at radius 3 is 2.10 bits per heavy atom. The summed E-state index contributed by atoms with van der Waals surface area (Å²) in [4.78, 5) is 16.7. The molecule has 1 aromatic carbocycles. The molecule has 10 heteroatoms. The van der Waals surface area contributed by atoms with Crippen molar-refractivity contribution in [2.45, 2.75) is 108 Å². The molecule has 0 fully saturated rings. The number of nitrogens with zero attached hydrogens (tertiary/aromatic N) is 2. The number of ether oxygens (including phenoxy) is 1. The standard InChI is InChI=1S/C32H50N2O6Si2/c1-30(2,3)41(9,10)39-25-22-18-19-32(36,28(25)40-42(11,12)31(4,5)6)27(35)23-26(24(22)34(7)8)38-33-29(23)37-20-21-16-14-13-15-17-21/h13-19,22,24-25,28,36H,20H2,1-12H3/t22-,24+,25-,28-,32-/m1/s1. The van der Waals surface area contributed by atoms with E-state index in [0.717, 1.165) is 5.56 Å². The zero-order valence-electron chi connectivity index (χ0n) is 27.4. The van der Waals surface area contributed by atoms with Crippen LogP contribution in [0.1, 0.15) is 69.3 Å². The molecule has 2 bridgehead atoms. The van der Waals surface area contributed by atoms with E-state index in [0.29, 0.717) is 5.76 Å². The van der Waals surface area contributed by atoms with E-state index in [1.807, 2.05) is 55.4 Å². The fraction of sp³-hybridized carbons (Fsp3) is 0.625. The van der Waals surface area contributed by atoms with Crippen molar-refractivity contribution in [3.63, 3.8) is 0 Å². The molecule has 5 atom stereocenters. The molecule has 3 aliphatic rings. The Hall–Kier alpha value is -2.09. The summed E-state index contributed by atoms with van der Waals surface area (Å²) < 4.78 is 26.2.